The van der Waals surface area contributed by atoms with E-state index >= 15 is 0 Å². The second kappa shape index (κ2) is 5.46. The summed E-state index contributed by atoms with van der Waals surface area (Å²) >= 11 is 0. The van der Waals surface area contributed by atoms with E-state index in [4.69, 9.17) is 4.42 Å². The summed E-state index contributed by atoms with van der Waals surface area (Å²) in [5, 5.41) is 9.28. The molecule has 104 valence electrons. The van der Waals surface area contributed by atoms with Crippen LogP contribution in [0.25, 0.3) is 11.5 Å². The summed E-state index contributed by atoms with van der Waals surface area (Å²) in [5.41, 5.74) is 1.14. The Balaban J connectivity index is 1.82. The van der Waals surface area contributed by atoms with Crippen molar-refractivity contribution in [1.82, 2.24) is 9.88 Å². The highest BCUT2D eigenvalue weighted by Crippen LogP contribution is 2.22. The Hall–Kier alpha value is -2.14. The molecule has 2 aromatic rings. The van der Waals surface area contributed by atoms with Crippen LogP contribution in [-0.2, 0) is 0 Å². The quantitative estimate of drug-likeness (QED) is 0.927. The zero-order chi connectivity index (χ0) is 13.9. The number of amides is 1. The van der Waals surface area contributed by atoms with Gasteiger partial charge in [0.1, 0.15) is 6.26 Å². The first kappa shape index (κ1) is 12.9. The molecule has 0 saturated carbocycles. The van der Waals surface area contributed by atoms with E-state index in [1.165, 1.54) is 6.26 Å². The number of rotatable bonds is 3. The van der Waals surface area contributed by atoms with E-state index in [-0.39, 0.29) is 18.6 Å². The Morgan fingerprint density at radius 3 is 2.95 bits per heavy atom. The first-order valence-electron chi connectivity index (χ1n) is 6.72. The highest BCUT2D eigenvalue weighted by Gasteiger charge is 2.30. The van der Waals surface area contributed by atoms with Gasteiger partial charge in [0, 0.05) is 12.1 Å². The monoisotopic (exact) mass is 272 g/mol. The molecule has 1 N–H and O–H groups in total. The molecular weight excluding hydrogens is 256 g/mol. The number of carbonyl (C=O) groups is 1. The Labute approximate surface area is 116 Å². The van der Waals surface area contributed by atoms with Gasteiger partial charge in [0.25, 0.3) is 5.91 Å². The number of aliphatic hydroxyl groups excluding tert-OH is 1. The number of carbonyl (C=O) groups excluding carboxylic acids is 1. The lowest BCUT2D eigenvalue weighted by molar-refractivity contribution is 0.0671. The number of oxazole rings is 1. The summed E-state index contributed by atoms with van der Waals surface area (Å²) in [4.78, 5) is 18.3. The van der Waals surface area contributed by atoms with Crippen LogP contribution in [0.1, 0.15) is 23.3 Å². The maximum atomic E-state index is 12.4. The number of benzene rings is 1. The number of likely N-dealkylation sites (tertiary alicyclic amines) is 1. The van der Waals surface area contributed by atoms with E-state index in [0.29, 0.717) is 18.1 Å². The van der Waals surface area contributed by atoms with E-state index < -0.39 is 0 Å². The van der Waals surface area contributed by atoms with Crippen molar-refractivity contribution in [3.63, 3.8) is 0 Å². The summed E-state index contributed by atoms with van der Waals surface area (Å²) in [6.07, 6.45) is 3.14. The van der Waals surface area contributed by atoms with Crippen molar-refractivity contribution in [3.05, 3.63) is 42.3 Å². The lowest BCUT2D eigenvalue weighted by atomic mass is 10.2. The molecule has 1 fully saturated rings. The Kier molecular flexibility index (Phi) is 3.52. The zero-order valence-electron chi connectivity index (χ0n) is 11.0. The molecule has 1 aromatic heterocycles. The summed E-state index contributed by atoms with van der Waals surface area (Å²) in [5.74, 6) is 0.265. The van der Waals surface area contributed by atoms with E-state index in [9.17, 15) is 9.90 Å². The summed E-state index contributed by atoms with van der Waals surface area (Å²) < 4.78 is 5.38. The minimum Gasteiger partial charge on any atom is -0.444 e. The van der Waals surface area contributed by atoms with E-state index in [2.05, 4.69) is 4.98 Å². The molecule has 5 nitrogen and oxygen atoms in total. The fourth-order valence-corrected chi connectivity index (χ4v) is 2.53. The van der Waals surface area contributed by atoms with Gasteiger partial charge in [-0.2, -0.15) is 0 Å². The van der Waals surface area contributed by atoms with Crippen molar-refractivity contribution in [2.45, 2.75) is 18.9 Å². The standard InChI is InChI=1S/C15H16N2O3/c18-9-12-7-4-8-17(12)15(19)13-10-20-14(16-13)11-5-2-1-3-6-11/h1-3,5-6,10,12,18H,4,7-9H2/t12-/m0/s1. The molecular formula is C15H16N2O3. The van der Waals surface area contributed by atoms with Crippen molar-refractivity contribution < 1.29 is 14.3 Å². The minimum absolute atomic E-state index is 0.00483. The molecule has 1 saturated heterocycles. The van der Waals surface area contributed by atoms with Crippen LogP contribution in [0.3, 0.4) is 0 Å². The van der Waals surface area contributed by atoms with Crippen molar-refractivity contribution in [1.29, 1.82) is 0 Å². The van der Waals surface area contributed by atoms with Crippen molar-refractivity contribution >= 4 is 5.91 Å². The number of nitrogens with zero attached hydrogens (tertiary/aromatic N) is 2. The van der Waals surface area contributed by atoms with Gasteiger partial charge in [0.2, 0.25) is 5.89 Å². The molecule has 5 heteroatoms. The molecule has 0 radical (unpaired) electrons. The molecule has 2 heterocycles. The molecule has 0 spiro atoms. The molecule has 20 heavy (non-hydrogen) atoms. The van der Waals surface area contributed by atoms with Crippen LogP contribution in [0.5, 0.6) is 0 Å². The maximum absolute atomic E-state index is 12.4. The van der Waals surface area contributed by atoms with Crippen molar-refractivity contribution in [2.75, 3.05) is 13.2 Å². The van der Waals surface area contributed by atoms with Crippen LogP contribution in [0.4, 0.5) is 0 Å². The molecule has 1 amide bonds. The van der Waals surface area contributed by atoms with Gasteiger partial charge in [0.05, 0.1) is 12.6 Å². The molecule has 3 rings (SSSR count). The van der Waals surface area contributed by atoms with E-state index in [0.717, 1.165) is 18.4 Å². The van der Waals surface area contributed by atoms with E-state index in [1.54, 1.807) is 4.90 Å². The average molecular weight is 272 g/mol. The second-order valence-electron chi connectivity index (χ2n) is 4.88. The topological polar surface area (TPSA) is 66.6 Å². The molecule has 0 unspecified atom stereocenters. The lowest BCUT2D eigenvalue weighted by Gasteiger charge is -2.21. The lowest BCUT2D eigenvalue weighted by Crippen LogP contribution is -2.37. The average Bonchev–Trinajstić information content (AvgIpc) is 3.16. The van der Waals surface area contributed by atoms with Gasteiger partial charge in [-0.05, 0) is 25.0 Å². The molecule has 0 aliphatic carbocycles. The first-order valence-corrected chi connectivity index (χ1v) is 6.72. The van der Waals surface area contributed by atoms with Gasteiger partial charge in [0.15, 0.2) is 5.69 Å². The van der Waals surface area contributed by atoms with Crippen LogP contribution >= 0.6 is 0 Å². The van der Waals surface area contributed by atoms with Gasteiger partial charge in [-0.1, -0.05) is 18.2 Å². The molecule has 1 atom stereocenters. The molecule has 1 aliphatic heterocycles. The number of aliphatic hydroxyl groups is 1. The molecule has 1 aromatic carbocycles. The number of hydrogen-bond acceptors (Lipinski definition) is 4. The Bertz CT molecular complexity index is 594. The van der Waals surface area contributed by atoms with Gasteiger partial charge in [-0.25, -0.2) is 4.98 Å². The summed E-state index contributed by atoms with van der Waals surface area (Å²) in [7, 11) is 0. The first-order chi connectivity index (χ1) is 9.79. The zero-order valence-corrected chi connectivity index (χ0v) is 11.0. The highest BCUT2D eigenvalue weighted by molar-refractivity contribution is 5.92. The van der Waals surface area contributed by atoms with Gasteiger partial charge < -0.3 is 14.4 Å². The van der Waals surface area contributed by atoms with Crippen LogP contribution in [-0.4, -0.2) is 40.1 Å². The Morgan fingerprint density at radius 2 is 2.20 bits per heavy atom. The number of aromatic nitrogens is 1. The predicted octanol–water partition coefficient (Wildman–Crippen LogP) is 1.94. The smallest absolute Gasteiger partial charge is 0.276 e. The van der Waals surface area contributed by atoms with Crippen LogP contribution in [0.2, 0.25) is 0 Å². The van der Waals surface area contributed by atoms with Crippen LogP contribution < -0.4 is 0 Å². The fourth-order valence-electron chi connectivity index (χ4n) is 2.53. The summed E-state index contributed by atoms with van der Waals surface area (Å²) in [6.45, 7) is 0.659. The molecule has 1 aliphatic rings. The maximum Gasteiger partial charge on any atom is 0.276 e. The molecule has 0 bridgehead atoms. The van der Waals surface area contributed by atoms with Gasteiger partial charge in [-0.3, -0.25) is 4.79 Å². The second-order valence-corrected chi connectivity index (χ2v) is 4.88. The highest BCUT2D eigenvalue weighted by atomic mass is 16.3. The normalized spacial score (nSPS) is 18.4. The fraction of sp³-hybridized carbons (Fsp3) is 0.333. The third kappa shape index (κ3) is 2.32. The van der Waals surface area contributed by atoms with Crippen molar-refractivity contribution in [2.24, 2.45) is 0 Å². The SMILES string of the molecule is O=C(c1coc(-c2ccccc2)n1)N1CCC[C@H]1CO. The minimum atomic E-state index is -0.174. The van der Waals surface area contributed by atoms with E-state index in [1.807, 2.05) is 30.3 Å². The largest absolute Gasteiger partial charge is 0.444 e. The van der Waals surface area contributed by atoms with Crippen LogP contribution in [0.15, 0.2) is 41.0 Å². The van der Waals surface area contributed by atoms with Crippen LogP contribution in [0, 0.1) is 0 Å². The Morgan fingerprint density at radius 1 is 1.40 bits per heavy atom. The number of hydrogen-bond donors (Lipinski definition) is 1. The van der Waals surface area contributed by atoms with Gasteiger partial charge in [-0.15, -0.1) is 0 Å². The third-order valence-electron chi connectivity index (χ3n) is 3.59. The third-order valence-corrected chi connectivity index (χ3v) is 3.59. The predicted molar refractivity (Wildman–Crippen MR) is 73.1 cm³/mol. The van der Waals surface area contributed by atoms with Gasteiger partial charge >= 0.3 is 0 Å². The van der Waals surface area contributed by atoms with Crippen molar-refractivity contribution in [3.8, 4) is 11.5 Å². The summed E-state index contributed by atoms with van der Waals surface area (Å²) in [6, 6.07) is 9.36.